The van der Waals surface area contributed by atoms with Crippen LogP contribution >= 0.6 is 23.8 Å². The molecule has 9 heteroatoms. The van der Waals surface area contributed by atoms with Gasteiger partial charge < -0.3 is 9.47 Å². The third-order valence-electron chi connectivity index (χ3n) is 3.57. The van der Waals surface area contributed by atoms with Crippen LogP contribution in [-0.4, -0.2) is 28.2 Å². The second-order valence-corrected chi connectivity index (χ2v) is 6.19. The first kappa shape index (κ1) is 18.8. The van der Waals surface area contributed by atoms with Crippen molar-refractivity contribution in [2.24, 2.45) is 5.10 Å². The summed E-state index contributed by atoms with van der Waals surface area (Å²) in [6, 6.07) is 12.7. The fraction of sp³-hybridized carbons (Fsp3) is 0.111. The molecule has 0 aliphatic rings. The number of hydrogen-bond acceptors (Lipinski definition) is 6. The lowest BCUT2D eigenvalue weighted by molar-refractivity contribution is 0.284. The molecule has 0 spiro atoms. The second kappa shape index (κ2) is 8.61. The average Bonchev–Trinajstić information content (AvgIpc) is 2.67. The Hall–Kier alpha value is -2.97. The molecule has 7 nitrogen and oxygen atoms in total. The summed E-state index contributed by atoms with van der Waals surface area (Å²) < 4.78 is 12.4. The molecule has 1 N–H and O–H groups in total. The number of methoxy groups -OCH3 is 1. The van der Waals surface area contributed by atoms with Crippen LogP contribution in [0.25, 0.3) is 0 Å². The van der Waals surface area contributed by atoms with E-state index in [2.05, 4.69) is 15.3 Å². The molecule has 0 aliphatic heterocycles. The van der Waals surface area contributed by atoms with Crippen molar-refractivity contribution in [3.05, 3.63) is 79.9 Å². The lowest BCUT2D eigenvalue weighted by Gasteiger charge is -2.13. The monoisotopic (exact) mass is 402 g/mol. The topological polar surface area (TPSA) is 81.5 Å². The van der Waals surface area contributed by atoms with Crippen molar-refractivity contribution in [3.63, 3.8) is 0 Å². The normalized spacial score (nSPS) is 10.9. The Kier molecular flexibility index (Phi) is 6.00. The number of halogens is 1. The van der Waals surface area contributed by atoms with Crippen LogP contribution in [0, 0.1) is 4.77 Å². The Morgan fingerprint density at radius 1 is 1.30 bits per heavy atom. The van der Waals surface area contributed by atoms with E-state index in [0.29, 0.717) is 28.7 Å². The number of nitrogens with one attached hydrogen (secondary N) is 1. The van der Waals surface area contributed by atoms with Crippen LogP contribution in [0.5, 0.6) is 11.5 Å². The number of benzene rings is 2. The van der Waals surface area contributed by atoms with Gasteiger partial charge in [-0.25, -0.2) is 0 Å². The van der Waals surface area contributed by atoms with E-state index >= 15 is 0 Å². The van der Waals surface area contributed by atoms with Gasteiger partial charge in [-0.2, -0.15) is 14.9 Å². The Morgan fingerprint density at radius 2 is 2.07 bits per heavy atom. The predicted molar refractivity (Wildman–Crippen MR) is 105 cm³/mol. The summed E-state index contributed by atoms with van der Waals surface area (Å²) >= 11 is 10.9. The van der Waals surface area contributed by atoms with Crippen molar-refractivity contribution in [1.29, 1.82) is 0 Å². The molecule has 0 unspecified atom stereocenters. The van der Waals surface area contributed by atoms with Crippen molar-refractivity contribution >= 4 is 30.0 Å². The average molecular weight is 403 g/mol. The first-order chi connectivity index (χ1) is 13.1. The van der Waals surface area contributed by atoms with Gasteiger partial charge in [0.05, 0.1) is 13.3 Å². The zero-order valence-electron chi connectivity index (χ0n) is 14.3. The maximum Gasteiger partial charge on any atom is 0.293 e. The highest BCUT2D eigenvalue weighted by atomic mass is 35.5. The van der Waals surface area contributed by atoms with Gasteiger partial charge in [0, 0.05) is 10.6 Å². The maximum atomic E-state index is 11.8. The minimum Gasteiger partial charge on any atom is -0.493 e. The number of rotatable bonds is 6. The molecule has 1 heterocycles. The van der Waals surface area contributed by atoms with E-state index < -0.39 is 5.56 Å². The summed E-state index contributed by atoms with van der Waals surface area (Å²) in [5, 5.41) is 10.9. The first-order valence-electron chi connectivity index (χ1n) is 7.84. The fourth-order valence-corrected chi connectivity index (χ4v) is 2.58. The Bertz CT molecular complexity index is 1050. The largest absolute Gasteiger partial charge is 0.493 e. The van der Waals surface area contributed by atoms with Crippen LogP contribution in [0.15, 0.2) is 58.6 Å². The molecule has 0 saturated carbocycles. The summed E-state index contributed by atoms with van der Waals surface area (Å²) in [4.78, 5) is 11.8. The highest BCUT2D eigenvalue weighted by Gasteiger charge is 2.10. The van der Waals surface area contributed by atoms with Gasteiger partial charge in [0.15, 0.2) is 11.5 Å². The van der Waals surface area contributed by atoms with Gasteiger partial charge >= 0.3 is 0 Å². The maximum absolute atomic E-state index is 11.8. The molecule has 1 aromatic heterocycles. The van der Waals surface area contributed by atoms with Gasteiger partial charge in [0.1, 0.15) is 12.8 Å². The van der Waals surface area contributed by atoms with Gasteiger partial charge in [0.2, 0.25) is 4.77 Å². The van der Waals surface area contributed by atoms with Crippen LogP contribution in [0.1, 0.15) is 11.1 Å². The number of aromatic nitrogens is 3. The molecule has 3 rings (SSSR count). The minimum absolute atomic E-state index is 0.0882. The zero-order chi connectivity index (χ0) is 19.2. The van der Waals surface area contributed by atoms with Crippen LogP contribution in [0.2, 0.25) is 5.02 Å². The van der Waals surface area contributed by atoms with E-state index in [0.717, 1.165) is 16.4 Å². The lowest BCUT2D eigenvalue weighted by Crippen LogP contribution is -2.18. The van der Waals surface area contributed by atoms with E-state index in [-0.39, 0.29) is 4.77 Å². The van der Waals surface area contributed by atoms with Gasteiger partial charge in [-0.3, -0.25) is 9.89 Å². The van der Waals surface area contributed by atoms with Gasteiger partial charge in [0.25, 0.3) is 5.56 Å². The molecule has 0 bridgehead atoms. The number of aromatic amines is 1. The van der Waals surface area contributed by atoms with Gasteiger partial charge in [-0.1, -0.05) is 29.8 Å². The van der Waals surface area contributed by atoms with Crippen molar-refractivity contribution in [1.82, 2.24) is 14.9 Å². The van der Waals surface area contributed by atoms with E-state index in [4.69, 9.17) is 33.3 Å². The summed E-state index contributed by atoms with van der Waals surface area (Å²) in [6.07, 6.45) is 2.57. The molecule has 2 aromatic carbocycles. The smallest absolute Gasteiger partial charge is 0.293 e. The van der Waals surface area contributed by atoms with Crippen molar-refractivity contribution in [3.8, 4) is 11.5 Å². The molecule has 138 valence electrons. The molecular formula is C18H15ClN4O3S. The molecule has 0 atom stereocenters. The van der Waals surface area contributed by atoms with E-state index in [1.807, 2.05) is 12.1 Å². The number of nitrogens with zero attached hydrogens (tertiary/aromatic N) is 3. The molecule has 3 aromatic rings. The minimum atomic E-state index is -0.443. The number of hydrogen-bond donors (Lipinski definition) is 1. The second-order valence-electron chi connectivity index (χ2n) is 5.36. The molecular weight excluding hydrogens is 388 g/mol. The summed E-state index contributed by atoms with van der Waals surface area (Å²) in [6.45, 7) is 0.313. The quantitative estimate of drug-likeness (QED) is 0.504. The molecule has 0 radical (unpaired) electrons. The fourth-order valence-electron chi connectivity index (χ4n) is 2.26. The first-order valence-corrected chi connectivity index (χ1v) is 8.62. The van der Waals surface area contributed by atoms with E-state index in [1.165, 1.54) is 6.21 Å². The molecule has 27 heavy (non-hydrogen) atoms. The highest BCUT2D eigenvalue weighted by molar-refractivity contribution is 7.71. The van der Waals surface area contributed by atoms with E-state index in [9.17, 15) is 4.79 Å². The standard InChI is InChI=1S/C18H15ClN4O3S/c1-25-15-4-2-3-13(9-21-23-16(24)10-20-22-18(23)27)17(15)26-11-12-5-7-14(19)8-6-12/h2-10H,11H2,1H3,(H,22,27)/b21-9+. The Balaban J connectivity index is 1.91. The molecule has 0 amide bonds. The summed E-state index contributed by atoms with van der Waals surface area (Å²) in [5.41, 5.74) is 1.13. The van der Waals surface area contributed by atoms with Crippen LogP contribution in [-0.2, 0) is 6.61 Å². The Morgan fingerprint density at radius 3 is 2.78 bits per heavy atom. The predicted octanol–water partition coefficient (Wildman–Crippen LogP) is 3.42. The van der Waals surface area contributed by atoms with Crippen LogP contribution in [0.4, 0.5) is 0 Å². The number of H-pyrrole nitrogens is 1. The zero-order valence-corrected chi connectivity index (χ0v) is 15.8. The summed E-state index contributed by atoms with van der Waals surface area (Å²) in [5.74, 6) is 1.04. The number of ether oxygens (including phenoxy) is 2. The molecule has 0 fully saturated rings. The van der Waals surface area contributed by atoms with Crippen LogP contribution < -0.4 is 15.0 Å². The SMILES string of the molecule is COc1cccc(/C=N/n2c(=O)cn[nH]c2=S)c1OCc1ccc(Cl)cc1. The summed E-state index contributed by atoms with van der Waals surface area (Å²) in [7, 11) is 1.55. The highest BCUT2D eigenvalue weighted by Crippen LogP contribution is 2.31. The van der Waals surface area contributed by atoms with Crippen molar-refractivity contribution in [2.75, 3.05) is 7.11 Å². The third kappa shape index (κ3) is 4.60. The number of para-hydroxylation sites is 1. The van der Waals surface area contributed by atoms with Gasteiger partial charge in [-0.05, 0) is 42.0 Å². The van der Waals surface area contributed by atoms with Crippen LogP contribution in [0.3, 0.4) is 0 Å². The molecule has 0 aliphatic carbocycles. The van der Waals surface area contributed by atoms with Crippen molar-refractivity contribution < 1.29 is 9.47 Å². The third-order valence-corrected chi connectivity index (χ3v) is 4.09. The van der Waals surface area contributed by atoms with Crippen molar-refractivity contribution in [2.45, 2.75) is 6.61 Å². The van der Waals surface area contributed by atoms with E-state index in [1.54, 1.807) is 37.4 Å². The lowest BCUT2D eigenvalue weighted by atomic mass is 10.2. The van der Waals surface area contributed by atoms with Gasteiger partial charge in [-0.15, -0.1) is 0 Å². The molecule has 0 saturated heterocycles. The Labute approximate surface area is 164 Å².